The van der Waals surface area contributed by atoms with Gasteiger partial charge in [0.1, 0.15) is 0 Å². The molecule has 7 heteroatoms. The van der Waals surface area contributed by atoms with E-state index in [4.69, 9.17) is 22.1 Å². The van der Waals surface area contributed by atoms with Crippen LogP contribution >= 0.6 is 11.6 Å². The topological polar surface area (TPSA) is 78.9 Å². The van der Waals surface area contributed by atoms with Gasteiger partial charge >= 0.3 is 0 Å². The number of aromatic nitrogens is 4. The molecule has 0 atom stereocenters. The predicted molar refractivity (Wildman–Crippen MR) is 71.8 cm³/mol. The molecule has 1 aromatic heterocycles. The number of tetrazole rings is 1. The van der Waals surface area contributed by atoms with Crippen LogP contribution < -0.4 is 5.73 Å². The predicted octanol–water partition coefficient (Wildman–Crippen LogP) is 1.93. The maximum Gasteiger partial charge on any atom is 0.184 e. The number of ether oxygens (including phenoxy) is 1. The number of anilines is 1. The number of halogens is 1. The Morgan fingerprint density at radius 1 is 1.32 bits per heavy atom. The number of hydrogen-bond acceptors (Lipinski definition) is 5. The van der Waals surface area contributed by atoms with Crippen LogP contribution in [0.25, 0.3) is 11.4 Å². The van der Waals surface area contributed by atoms with E-state index >= 15 is 0 Å². The van der Waals surface area contributed by atoms with Gasteiger partial charge in [0.2, 0.25) is 0 Å². The summed E-state index contributed by atoms with van der Waals surface area (Å²) in [6, 6.07) is 5.60. The van der Waals surface area contributed by atoms with Crippen molar-refractivity contribution >= 4 is 17.3 Å². The number of nitrogen functional groups attached to an aromatic ring is 1. The molecule has 1 saturated heterocycles. The van der Waals surface area contributed by atoms with Crippen molar-refractivity contribution in [3.8, 4) is 11.4 Å². The second-order valence-electron chi connectivity index (χ2n) is 4.52. The fraction of sp³-hybridized carbons (Fsp3) is 0.417. The number of nitrogens with zero attached hydrogens (tertiary/aromatic N) is 4. The lowest BCUT2D eigenvalue weighted by atomic mass is 10.1. The summed E-state index contributed by atoms with van der Waals surface area (Å²) in [6.45, 7) is 1.47. The van der Waals surface area contributed by atoms with E-state index in [1.54, 1.807) is 12.1 Å². The van der Waals surface area contributed by atoms with Crippen molar-refractivity contribution < 1.29 is 4.74 Å². The molecule has 2 heterocycles. The lowest BCUT2D eigenvalue weighted by molar-refractivity contribution is 0.0662. The number of rotatable bonds is 2. The van der Waals surface area contributed by atoms with Crippen molar-refractivity contribution in [2.24, 2.45) is 0 Å². The van der Waals surface area contributed by atoms with Gasteiger partial charge in [-0.05, 0) is 41.5 Å². The van der Waals surface area contributed by atoms with Gasteiger partial charge in [0.25, 0.3) is 0 Å². The van der Waals surface area contributed by atoms with Crippen molar-refractivity contribution in [1.82, 2.24) is 20.2 Å². The van der Waals surface area contributed by atoms with Crippen molar-refractivity contribution in [2.45, 2.75) is 18.9 Å². The van der Waals surface area contributed by atoms with Gasteiger partial charge in [-0.3, -0.25) is 0 Å². The van der Waals surface area contributed by atoms with Crippen LogP contribution in [0.5, 0.6) is 0 Å². The first-order valence-electron chi connectivity index (χ1n) is 6.16. The van der Waals surface area contributed by atoms with Crippen LogP contribution in [0.4, 0.5) is 5.69 Å². The minimum Gasteiger partial charge on any atom is -0.398 e. The molecule has 0 bridgehead atoms. The number of benzene rings is 1. The van der Waals surface area contributed by atoms with E-state index < -0.39 is 0 Å². The molecule has 0 unspecified atom stereocenters. The highest BCUT2D eigenvalue weighted by molar-refractivity contribution is 6.31. The largest absolute Gasteiger partial charge is 0.398 e. The van der Waals surface area contributed by atoms with E-state index in [9.17, 15) is 0 Å². The van der Waals surface area contributed by atoms with Crippen LogP contribution in [0.15, 0.2) is 18.2 Å². The Morgan fingerprint density at radius 2 is 2.11 bits per heavy atom. The third-order valence-corrected chi connectivity index (χ3v) is 3.52. The van der Waals surface area contributed by atoms with E-state index in [1.807, 2.05) is 10.7 Å². The second-order valence-corrected chi connectivity index (χ2v) is 4.96. The highest BCUT2D eigenvalue weighted by Gasteiger charge is 2.22. The smallest absolute Gasteiger partial charge is 0.184 e. The molecule has 0 spiro atoms. The molecule has 1 aliphatic rings. The summed E-state index contributed by atoms with van der Waals surface area (Å²) in [6.07, 6.45) is 1.82. The summed E-state index contributed by atoms with van der Waals surface area (Å²) in [5, 5.41) is 12.6. The Kier molecular flexibility index (Phi) is 3.35. The van der Waals surface area contributed by atoms with Crippen LogP contribution in [0.2, 0.25) is 5.02 Å². The SMILES string of the molecule is Nc1cc(Cl)ccc1-c1nnnn1C1CCOCC1. The first kappa shape index (κ1) is 12.4. The highest BCUT2D eigenvalue weighted by Crippen LogP contribution is 2.30. The van der Waals surface area contributed by atoms with Crippen LogP contribution in [0.3, 0.4) is 0 Å². The minimum absolute atomic E-state index is 0.258. The van der Waals surface area contributed by atoms with E-state index in [0.717, 1.165) is 31.6 Å². The van der Waals surface area contributed by atoms with Crippen LogP contribution in [-0.2, 0) is 4.74 Å². The molecular weight excluding hydrogens is 266 g/mol. The van der Waals surface area contributed by atoms with Crippen LogP contribution in [0, 0.1) is 0 Å². The molecule has 0 radical (unpaired) electrons. The average molecular weight is 280 g/mol. The fourth-order valence-corrected chi connectivity index (χ4v) is 2.46. The monoisotopic (exact) mass is 279 g/mol. The first-order chi connectivity index (χ1) is 9.25. The molecule has 1 aliphatic heterocycles. The molecule has 2 N–H and O–H groups in total. The number of nitrogens with two attached hydrogens (primary N) is 1. The quantitative estimate of drug-likeness (QED) is 0.850. The molecule has 100 valence electrons. The Balaban J connectivity index is 1.99. The van der Waals surface area contributed by atoms with Crippen LogP contribution in [0.1, 0.15) is 18.9 Å². The maximum absolute atomic E-state index is 5.99. The third kappa shape index (κ3) is 2.41. The minimum atomic E-state index is 0.258. The molecule has 2 aromatic rings. The van der Waals surface area contributed by atoms with Crippen molar-refractivity contribution in [1.29, 1.82) is 0 Å². The van der Waals surface area contributed by atoms with Gasteiger partial charge < -0.3 is 10.5 Å². The van der Waals surface area contributed by atoms with Gasteiger partial charge in [0.15, 0.2) is 5.82 Å². The lowest BCUT2D eigenvalue weighted by Crippen LogP contribution is -2.21. The Bertz CT molecular complexity index is 579. The lowest BCUT2D eigenvalue weighted by Gasteiger charge is -2.22. The zero-order valence-corrected chi connectivity index (χ0v) is 11.0. The summed E-state index contributed by atoms with van der Waals surface area (Å²) >= 11 is 5.91. The van der Waals surface area contributed by atoms with Gasteiger partial charge in [-0.1, -0.05) is 11.6 Å². The summed E-state index contributed by atoms with van der Waals surface area (Å²) in [7, 11) is 0. The molecule has 3 rings (SSSR count). The molecule has 6 nitrogen and oxygen atoms in total. The third-order valence-electron chi connectivity index (χ3n) is 3.28. The number of hydrogen-bond donors (Lipinski definition) is 1. The Hall–Kier alpha value is -1.66. The van der Waals surface area contributed by atoms with Crippen LogP contribution in [-0.4, -0.2) is 33.4 Å². The molecule has 0 aliphatic carbocycles. The second kappa shape index (κ2) is 5.14. The highest BCUT2D eigenvalue weighted by atomic mass is 35.5. The molecule has 1 aromatic carbocycles. The zero-order valence-electron chi connectivity index (χ0n) is 10.3. The zero-order chi connectivity index (χ0) is 13.2. The summed E-state index contributed by atoms with van der Waals surface area (Å²) < 4.78 is 7.19. The first-order valence-corrected chi connectivity index (χ1v) is 6.54. The molecule has 0 amide bonds. The van der Waals surface area contributed by atoms with E-state index in [0.29, 0.717) is 16.5 Å². The van der Waals surface area contributed by atoms with Gasteiger partial charge in [-0.25, -0.2) is 4.68 Å². The van der Waals surface area contributed by atoms with Gasteiger partial charge in [0.05, 0.1) is 6.04 Å². The van der Waals surface area contributed by atoms with E-state index in [1.165, 1.54) is 0 Å². The van der Waals surface area contributed by atoms with Crippen molar-refractivity contribution in [3.63, 3.8) is 0 Å². The van der Waals surface area contributed by atoms with Gasteiger partial charge in [0, 0.05) is 29.5 Å². The maximum atomic E-state index is 5.99. The van der Waals surface area contributed by atoms with E-state index in [2.05, 4.69) is 15.5 Å². The molecule has 19 heavy (non-hydrogen) atoms. The summed E-state index contributed by atoms with van der Waals surface area (Å²) in [5.41, 5.74) is 7.38. The van der Waals surface area contributed by atoms with Gasteiger partial charge in [-0.2, -0.15) is 0 Å². The summed E-state index contributed by atoms with van der Waals surface area (Å²) in [4.78, 5) is 0. The van der Waals surface area contributed by atoms with E-state index in [-0.39, 0.29) is 6.04 Å². The average Bonchev–Trinajstić information content (AvgIpc) is 2.89. The summed E-state index contributed by atoms with van der Waals surface area (Å²) in [5.74, 6) is 0.682. The Morgan fingerprint density at radius 3 is 2.84 bits per heavy atom. The molecule has 1 fully saturated rings. The molecule has 0 saturated carbocycles. The fourth-order valence-electron chi connectivity index (χ4n) is 2.28. The standard InChI is InChI=1S/C12H14ClN5O/c13-8-1-2-10(11(14)7-8)12-15-16-17-18(12)9-3-5-19-6-4-9/h1-2,7,9H,3-6,14H2. The molecular formula is C12H14ClN5O. The normalized spacial score (nSPS) is 16.7. The van der Waals surface area contributed by atoms with Crippen molar-refractivity contribution in [2.75, 3.05) is 18.9 Å². The van der Waals surface area contributed by atoms with Crippen molar-refractivity contribution in [3.05, 3.63) is 23.2 Å². The Labute approximate surface area is 115 Å². The van der Waals surface area contributed by atoms with Gasteiger partial charge in [-0.15, -0.1) is 5.10 Å².